The van der Waals surface area contributed by atoms with E-state index in [2.05, 4.69) is 9.72 Å². The normalized spacial score (nSPS) is 12.2. The topological polar surface area (TPSA) is 27.1 Å². The van der Waals surface area contributed by atoms with E-state index in [0.717, 1.165) is 11.0 Å². The van der Waals surface area contributed by atoms with Gasteiger partial charge in [0, 0.05) is 6.54 Å². The number of imidazole rings is 1. The summed E-state index contributed by atoms with van der Waals surface area (Å²) in [5, 5.41) is 0. The van der Waals surface area contributed by atoms with Crippen molar-refractivity contribution in [1.29, 1.82) is 0 Å². The lowest BCUT2D eigenvalue weighted by Gasteiger charge is -2.08. The van der Waals surface area contributed by atoms with E-state index in [1.54, 1.807) is 16.7 Å². The van der Waals surface area contributed by atoms with Gasteiger partial charge in [0.1, 0.15) is 0 Å². The molecular weight excluding hydrogens is 221 g/mol. The van der Waals surface area contributed by atoms with Crippen LogP contribution in [0.4, 0.5) is 13.2 Å². The van der Waals surface area contributed by atoms with E-state index < -0.39 is 13.0 Å². The average Bonchev–Trinajstić information content (AvgIpc) is 2.60. The fourth-order valence-corrected chi connectivity index (χ4v) is 1.45. The molecular formula is C10H9F3N2O. The molecule has 1 aromatic heterocycles. The molecule has 0 spiro atoms. The molecule has 0 aliphatic heterocycles. The molecule has 3 nitrogen and oxygen atoms in total. The second-order valence-corrected chi connectivity index (χ2v) is 3.22. The summed E-state index contributed by atoms with van der Waals surface area (Å²) in [7, 11) is 0. The van der Waals surface area contributed by atoms with Gasteiger partial charge < -0.3 is 4.57 Å². The van der Waals surface area contributed by atoms with Gasteiger partial charge in [-0.3, -0.25) is 4.74 Å². The molecule has 0 N–H and O–H groups in total. The number of ether oxygens (including phenoxy) is 1. The van der Waals surface area contributed by atoms with Crippen LogP contribution in [0.5, 0.6) is 0 Å². The summed E-state index contributed by atoms with van der Waals surface area (Å²) in [6, 6.07) is 7.24. The molecule has 1 aromatic carbocycles. The number of para-hydroxylation sites is 2. The molecule has 0 fully saturated rings. The smallest absolute Gasteiger partial charge is 0.328 e. The fourth-order valence-electron chi connectivity index (χ4n) is 1.45. The van der Waals surface area contributed by atoms with Crippen LogP contribution >= 0.6 is 0 Å². The molecule has 0 unspecified atom stereocenters. The van der Waals surface area contributed by atoms with Gasteiger partial charge in [0.2, 0.25) is 0 Å². The van der Waals surface area contributed by atoms with Crippen LogP contribution in [0.1, 0.15) is 0 Å². The number of nitrogens with zero attached hydrogens (tertiary/aromatic N) is 2. The van der Waals surface area contributed by atoms with Gasteiger partial charge in [-0.05, 0) is 12.1 Å². The Morgan fingerprint density at radius 1 is 1.25 bits per heavy atom. The third kappa shape index (κ3) is 2.52. The van der Waals surface area contributed by atoms with Crippen LogP contribution in [0.25, 0.3) is 11.0 Å². The Kier molecular flexibility index (Phi) is 2.82. The van der Waals surface area contributed by atoms with Crippen LogP contribution in [0.2, 0.25) is 0 Å². The molecule has 0 saturated carbocycles. The summed E-state index contributed by atoms with van der Waals surface area (Å²) in [5.74, 6) is 0. The van der Waals surface area contributed by atoms with Crippen LogP contribution < -0.4 is 0 Å². The highest BCUT2D eigenvalue weighted by Crippen LogP contribution is 2.17. The minimum absolute atomic E-state index is 0.125. The molecule has 0 atom stereocenters. The van der Waals surface area contributed by atoms with Crippen molar-refractivity contribution in [2.45, 2.75) is 12.9 Å². The Morgan fingerprint density at radius 3 is 2.75 bits per heavy atom. The number of hydrogen-bond donors (Lipinski definition) is 0. The van der Waals surface area contributed by atoms with E-state index in [1.165, 1.54) is 6.33 Å². The zero-order valence-corrected chi connectivity index (χ0v) is 8.24. The van der Waals surface area contributed by atoms with Gasteiger partial charge in [0.25, 0.3) is 0 Å². The number of alkyl halides is 3. The summed E-state index contributed by atoms with van der Waals surface area (Å²) >= 11 is 0. The SMILES string of the molecule is FC(F)(F)OCCn1cnc2ccccc21. The van der Waals surface area contributed by atoms with Gasteiger partial charge in [0.05, 0.1) is 24.0 Å². The Labute approximate surface area is 89.5 Å². The first-order chi connectivity index (χ1) is 7.56. The molecule has 0 radical (unpaired) electrons. The predicted molar refractivity (Wildman–Crippen MR) is 51.7 cm³/mol. The molecule has 0 amide bonds. The summed E-state index contributed by atoms with van der Waals surface area (Å²) in [5.41, 5.74) is 1.56. The van der Waals surface area contributed by atoms with Gasteiger partial charge in [0.15, 0.2) is 0 Å². The lowest BCUT2D eigenvalue weighted by molar-refractivity contribution is -0.325. The Morgan fingerprint density at radius 2 is 2.00 bits per heavy atom. The Bertz CT molecular complexity index is 478. The van der Waals surface area contributed by atoms with Crippen LogP contribution in [-0.4, -0.2) is 22.5 Å². The first-order valence-electron chi connectivity index (χ1n) is 4.67. The number of benzene rings is 1. The van der Waals surface area contributed by atoms with Crippen LogP contribution in [-0.2, 0) is 11.3 Å². The molecule has 16 heavy (non-hydrogen) atoms. The summed E-state index contributed by atoms with van der Waals surface area (Å²) in [6.45, 7) is -0.288. The lowest BCUT2D eigenvalue weighted by atomic mass is 10.3. The largest absolute Gasteiger partial charge is 0.522 e. The van der Waals surface area contributed by atoms with Crippen LogP contribution in [0, 0.1) is 0 Å². The molecule has 0 saturated heterocycles. The number of halogens is 3. The van der Waals surface area contributed by atoms with Gasteiger partial charge in [-0.15, -0.1) is 13.2 Å². The van der Waals surface area contributed by atoms with Crippen molar-refractivity contribution in [3.8, 4) is 0 Å². The number of aromatic nitrogens is 2. The maximum absolute atomic E-state index is 11.8. The molecule has 0 aliphatic rings. The van der Waals surface area contributed by atoms with Gasteiger partial charge in [-0.25, -0.2) is 4.98 Å². The minimum Gasteiger partial charge on any atom is -0.328 e. The monoisotopic (exact) mass is 230 g/mol. The number of hydrogen-bond acceptors (Lipinski definition) is 2. The zero-order chi connectivity index (χ0) is 11.6. The van der Waals surface area contributed by atoms with Gasteiger partial charge in [-0.1, -0.05) is 12.1 Å². The Balaban J connectivity index is 2.05. The minimum atomic E-state index is -4.57. The average molecular weight is 230 g/mol. The van der Waals surface area contributed by atoms with Crippen molar-refractivity contribution in [3.05, 3.63) is 30.6 Å². The zero-order valence-electron chi connectivity index (χ0n) is 8.24. The molecule has 2 rings (SSSR count). The van der Waals surface area contributed by atoms with Crippen LogP contribution in [0.3, 0.4) is 0 Å². The highest BCUT2D eigenvalue weighted by atomic mass is 19.4. The van der Waals surface area contributed by atoms with Gasteiger partial charge >= 0.3 is 6.36 Å². The molecule has 0 bridgehead atoms. The van der Waals surface area contributed by atoms with E-state index in [9.17, 15) is 13.2 Å². The van der Waals surface area contributed by atoms with E-state index >= 15 is 0 Å². The standard InChI is InChI=1S/C10H9F3N2O/c11-10(12,13)16-6-5-15-7-14-8-3-1-2-4-9(8)15/h1-4,7H,5-6H2. The summed E-state index contributed by atoms with van der Waals surface area (Å²) < 4.78 is 40.6. The van der Waals surface area contributed by atoms with Crippen LogP contribution in [0.15, 0.2) is 30.6 Å². The van der Waals surface area contributed by atoms with Crippen molar-refractivity contribution in [3.63, 3.8) is 0 Å². The summed E-state index contributed by atoms with van der Waals surface area (Å²) in [6.07, 6.45) is -3.07. The Hall–Kier alpha value is -1.56. The van der Waals surface area contributed by atoms with E-state index in [0.29, 0.717) is 0 Å². The van der Waals surface area contributed by atoms with Crippen molar-refractivity contribution in [2.75, 3.05) is 6.61 Å². The van der Waals surface area contributed by atoms with E-state index in [1.807, 2.05) is 12.1 Å². The van der Waals surface area contributed by atoms with Crippen molar-refractivity contribution >= 4 is 11.0 Å². The highest BCUT2D eigenvalue weighted by molar-refractivity contribution is 5.74. The molecule has 86 valence electrons. The van der Waals surface area contributed by atoms with Gasteiger partial charge in [-0.2, -0.15) is 0 Å². The third-order valence-electron chi connectivity index (χ3n) is 2.13. The lowest BCUT2D eigenvalue weighted by Crippen LogP contribution is -2.17. The molecule has 1 heterocycles. The first-order valence-corrected chi connectivity index (χ1v) is 4.67. The highest BCUT2D eigenvalue weighted by Gasteiger charge is 2.28. The second kappa shape index (κ2) is 4.13. The van der Waals surface area contributed by atoms with Crippen molar-refractivity contribution in [2.24, 2.45) is 0 Å². The fraction of sp³-hybridized carbons (Fsp3) is 0.300. The molecule has 0 aliphatic carbocycles. The number of fused-ring (bicyclic) bond motifs is 1. The molecule has 2 aromatic rings. The van der Waals surface area contributed by atoms with E-state index in [-0.39, 0.29) is 6.54 Å². The third-order valence-corrected chi connectivity index (χ3v) is 2.13. The maximum atomic E-state index is 11.8. The van der Waals surface area contributed by atoms with Crippen molar-refractivity contribution < 1.29 is 17.9 Å². The second-order valence-electron chi connectivity index (χ2n) is 3.22. The first kappa shape index (κ1) is 10.9. The predicted octanol–water partition coefficient (Wildman–Crippen LogP) is 2.57. The summed E-state index contributed by atoms with van der Waals surface area (Å²) in [4.78, 5) is 4.06. The number of rotatable bonds is 3. The maximum Gasteiger partial charge on any atom is 0.522 e. The quantitative estimate of drug-likeness (QED) is 0.810. The molecule has 6 heteroatoms. The van der Waals surface area contributed by atoms with E-state index in [4.69, 9.17) is 0 Å². The van der Waals surface area contributed by atoms with Crippen molar-refractivity contribution in [1.82, 2.24) is 9.55 Å².